The molecule has 0 atom stereocenters. The molecule has 0 saturated carbocycles. The van der Waals surface area contributed by atoms with E-state index in [4.69, 9.17) is 0 Å². The fourth-order valence-electron chi connectivity index (χ4n) is 2.38. The molecule has 9 heteroatoms. The van der Waals surface area contributed by atoms with Crippen molar-refractivity contribution in [2.24, 2.45) is 0 Å². The maximum atomic E-state index is 12.1. The van der Waals surface area contributed by atoms with E-state index in [9.17, 15) is 14.4 Å². The van der Waals surface area contributed by atoms with E-state index in [1.165, 1.54) is 30.0 Å². The highest BCUT2D eigenvalue weighted by molar-refractivity contribution is 8.01. The summed E-state index contributed by atoms with van der Waals surface area (Å²) in [5.74, 6) is -0.242. The molecule has 7 nitrogen and oxygen atoms in total. The van der Waals surface area contributed by atoms with Crippen LogP contribution in [0.25, 0.3) is 0 Å². The van der Waals surface area contributed by atoms with Crippen molar-refractivity contribution in [3.05, 3.63) is 65.7 Å². The molecule has 0 aliphatic rings. The molecule has 1 aromatic heterocycles. The van der Waals surface area contributed by atoms with Crippen molar-refractivity contribution in [3.63, 3.8) is 0 Å². The SMILES string of the molecule is CC(=O)c1ccc(NC(=O)CSc2nnc(NC(=O)Cc3ccccc3)s2)cc1. The molecule has 3 aromatic rings. The molecule has 0 aliphatic carbocycles. The Morgan fingerprint density at radius 2 is 1.66 bits per heavy atom. The first-order chi connectivity index (χ1) is 14.0. The Labute approximate surface area is 175 Å². The molecule has 2 aromatic carbocycles. The zero-order chi connectivity index (χ0) is 20.6. The number of nitrogens with zero attached hydrogens (tertiary/aromatic N) is 2. The summed E-state index contributed by atoms with van der Waals surface area (Å²) < 4.78 is 0.585. The van der Waals surface area contributed by atoms with Gasteiger partial charge in [-0.15, -0.1) is 10.2 Å². The van der Waals surface area contributed by atoms with Crippen LogP contribution in [0.4, 0.5) is 10.8 Å². The molecule has 0 radical (unpaired) electrons. The van der Waals surface area contributed by atoms with Crippen LogP contribution in [0.15, 0.2) is 58.9 Å². The van der Waals surface area contributed by atoms with Gasteiger partial charge in [0.05, 0.1) is 12.2 Å². The maximum Gasteiger partial charge on any atom is 0.234 e. The predicted molar refractivity (Wildman–Crippen MR) is 114 cm³/mol. The van der Waals surface area contributed by atoms with Gasteiger partial charge >= 0.3 is 0 Å². The summed E-state index contributed by atoms with van der Waals surface area (Å²) in [6.07, 6.45) is 0.258. The van der Waals surface area contributed by atoms with E-state index in [2.05, 4.69) is 20.8 Å². The molecule has 0 bridgehead atoms. The summed E-state index contributed by atoms with van der Waals surface area (Å²) in [5, 5.41) is 13.8. The number of rotatable bonds is 8. The Balaban J connectivity index is 1.45. The van der Waals surface area contributed by atoms with Gasteiger partial charge in [-0.2, -0.15) is 0 Å². The van der Waals surface area contributed by atoms with Crippen molar-refractivity contribution in [3.8, 4) is 0 Å². The number of carbonyl (C=O) groups is 3. The molecule has 0 fully saturated rings. The lowest BCUT2D eigenvalue weighted by Crippen LogP contribution is -2.14. The molecule has 29 heavy (non-hydrogen) atoms. The first kappa shape index (κ1) is 20.7. The van der Waals surface area contributed by atoms with Crippen molar-refractivity contribution in [1.82, 2.24) is 10.2 Å². The third-order valence-electron chi connectivity index (χ3n) is 3.76. The number of thioether (sulfide) groups is 1. The number of nitrogens with one attached hydrogen (secondary N) is 2. The minimum absolute atomic E-state index is 0.0265. The average molecular weight is 427 g/mol. The number of hydrogen-bond acceptors (Lipinski definition) is 7. The van der Waals surface area contributed by atoms with Gasteiger partial charge in [0.1, 0.15) is 0 Å². The van der Waals surface area contributed by atoms with Gasteiger partial charge in [0, 0.05) is 11.3 Å². The van der Waals surface area contributed by atoms with Crippen molar-refractivity contribution >= 4 is 51.5 Å². The van der Waals surface area contributed by atoms with Crippen LogP contribution in [0.5, 0.6) is 0 Å². The minimum Gasteiger partial charge on any atom is -0.325 e. The number of aromatic nitrogens is 2. The van der Waals surface area contributed by atoms with Crippen LogP contribution >= 0.6 is 23.1 Å². The zero-order valence-corrected chi connectivity index (χ0v) is 17.2. The molecule has 3 rings (SSSR count). The highest BCUT2D eigenvalue weighted by Gasteiger charge is 2.11. The van der Waals surface area contributed by atoms with E-state index in [-0.39, 0.29) is 29.8 Å². The Morgan fingerprint density at radius 1 is 0.931 bits per heavy atom. The molecule has 148 valence electrons. The lowest BCUT2D eigenvalue weighted by atomic mass is 10.1. The Bertz CT molecular complexity index is 1000. The van der Waals surface area contributed by atoms with Crippen LogP contribution in [0, 0.1) is 0 Å². The Kier molecular flexibility index (Phi) is 7.09. The quantitative estimate of drug-likeness (QED) is 0.324. The number of hydrogen-bond donors (Lipinski definition) is 2. The highest BCUT2D eigenvalue weighted by atomic mass is 32.2. The fourth-order valence-corrected chi connectivity index (χ4v) is 3.94. The number of Topliss-reactive ketones (excluding diaryl/α,β-unsaturated/α-hetero) is 1. The van der Waals surface area contributed by atoms with Crippen molar-refractivity contribution in [2.45, 2.75) is 17.7 Å². The van der Waals surface area contributed by atoms with E-state index in [1.807, 2.05) is 30.3 Å². The smallest absolute Gasteiger partial charge is 0.234 e. The van der Waals surface area contributed by atoms with Gasteiger partial charge in [-0.05, 0) is 36.8 Å². The van der Waals surface area contributed by atoms with Gasteiger partial charge in [0.15, 0.2) is 10.1 Å². The second-order valence-electron chi connectivity index (χ2n) is 6.05. The monoisotopic (exact) mass is 426 g/mol. The summed E-state index contributed by atoms with van der Waals surface area (Å²) in [6, 6.07) is 16.1. The topological polar surface area (TPSA) is 101 Å². The van der Waals surface area contributed by atoms with Crippen LogP contribution < -0.4 is 10.6 Å². The predicted octanol–water partition coefficient (Wildman–Crippen LogP) is 3.65. The van der Waals surface area contributed by atoms with Crippen molar-refractivity contribution in [1.29, 1.82) is 0 Å². The second-order valence-corrected chi connectivity index (χ2v) is 8.25. The first-order valence-corrected chi connectivity index (χ1v) is 10.5. The number of carbonyl (C=O) groups excluding carboxylic acids is 3. The summed E-state index contributed by atoms with van der Waals surface area (Å²) in [4.78, 5) is 35.4. The molecular weight excluding hydrogens is 408 g/mol. The number of amides is 2. The van der Waals surface area contributed by atoms with Crippen LogP contribution in [0.3, 0.4) is 0 Å². The molecule has 1 heterocycles. The van der Waals surface area contributed by atoms with E-state index in [0.717, 1.165) is 5.56 Å². The third kappa shape index (κ3) is 6.51. The van der Waals surface area contributed by atoms with Gasteiger partial charge in [-0.25, -0.2) is 0 Å². The van der Waals surface area contributed by atoms with E-state index in [1.54, 1.807) is 24.3 Å². The summed E-state index contributed by atoms with van der Waals surface area (Å²) in [5.41, 5.74) is 2.12. The largest absolute Gasteiger partial charge is 0.325 e. The number of anilines is 2. The van der Waals surface area contributed by atoms with Gasteiger partial charge < -0.3 is 10.6 Å². The van der Waals surface area contributed by atoms with Gasteiger partial charge in [-0.1, -0.05) is 53.4 Å². The summed E-state index contributed by atoms with van der Waals surface area (Å²) in [7, 11) is 0. The van der Waals surface area contributed by atoms with E-state index < -0.39 is 0 Å². The highest BCUT2D eigenvalue weighted by Crippen LogP contribution is 2.25. The van der Waals surface area contributed by atoms with Crippen molar-refractivity contribution in [2.75, 3.05) is 16.4 Å². The van der Waals surface area contributed by atoms with Crippen LogP contribution in [0.1, 0.15) is 22.8 Å². The average Bonchev–Trinajstić information content (AvgIpc) is 3.14. The Morgan fingerprint density at radius 3 is 2.34 bits per heavy atom. The summed E-state index contributed by atoms with van der Waals surface area (Å²) in [6.45, 7) is 1.49. The Hall–Kier alpha value is -3.04. The first-order valence-electron chi connectivity index (χ1n) is 8.70. The van der Waals surface area contributed by atoms with Gasteiger partial charge in [0.2, 0.25) is 16.9 Å². The molecule has 2 amide bonds. The number of ketones is 1. The fraction of sp³-hybridized carbons (Fsp3) is 0.150. The minimum atomic E-state index is -0.199. The molecule has 0 spiro atoms. The third-order valence-corrected chi connectivity index (χ3v) is 5.73. The normalized spacial score (nSPS) is 10.4. The van der Waals surface area contributed by atoms with Crippen LogP contribution in [-0.2, 0) is 16.0 Å². The maximum absolute atomic E-state index is 12.1. The molecular formula is C20H18N4O3S2. The summed E-state index contributed by atoms with van der Waals surface area (Å²) >= 11 is 2.45. The standard InChI is InChI=1S/C20H18N4O3S2/c1-13(25)15-7-9-16(10-8-15)21-18(27)12-28-20-24-23-19(29-20)22-17(26)11-14-5-3-2-4-6-14/h2-10H,11-12H2,1H3,(H,21,27)(H,22,23,26). The number of benzene rings is 2. The lowest BCUT2D eigenvalue weighted by Gasteiger charge is -2.04. The molecule has 0 aliphatic heterocycles. The molecule has 0 unspecified atom stereocenters. The second kappa shape index (κ2) is 9.94. The molecule has 0 saturated heterocycles. The lowest BCUT2D eigenvalue weighted by molar-refractivity contribution is -0.115. The molecule has 2 N–H and O–H groups in total. The van der Waals surface area contributed by atoms with Crippen LogP contribution in [-0.4, -0.2) is 33.5 Å². The van der Waals surface area contributed by atoms with E-state index >= 15 is 0 Å². The van der Waals surface area contributed by atoms with Crippen molar-refractivity contribution < 1.29 is 14.4 Å². The van der Waals surface area contributed by atoms with Gasteiger partial charge in [0.25, 0.3) is 0 Å². The van der Waals surface area contributed by atoms with Gasteiger partial charge in [-0.3, -0.25) is 14.4 Å². The zero-order valence-electron chi connectivity index (χ0n) is 15.5. The van der Waals surface area contributed by atoms with Crippen LogP contribution in [0.2, 0.25) is 0 Å². The van der Waals surface area contributed by atoms with E-state index in [0.29, 0.717) is 20.7 Å².